The molecule has 0 aromatic carbocycles. The van der Waals surface area contributed by atoms with E-state index in [0.29, 0.717) is 6.54 Å². The van der Waals surface area contributed by atoms with Crippen LogP contribution in [0.15, 0.2) is 24.5 Å². The second kappa shape index (κ2) is 5.54. The summed E-state index contributed by atoms with van der Waals surface area (Å²) in [5, 5.41) is 0. The van der Waals surface area contributed by atoms with E-state index in [1.54, 1.807) is 14.0 Å². The molecule has 0 bridgehead atoms. The van der Waals surface area contributed by atoms with Gasteiger partial charge in [-0.3, -0.25) is 4.79 Å². The molecule has 0 aliphatic carbocycles. The average Bonchev–Trinajstić information content (AvgIpc) is 2.05. The summed E-state index contributed by atoms with van der Waals surface area (Å²) in [6.45, 7) is 1.99. The summed E-state index contributed by atoms with van der Waals surface area (Å²) in [6.07, 6.45) is 3.64. The van der Waals surface area contributed by atoms with Crippen LogP contribution in [-0.4, -0.2) is 12.9 Å². The molecule has 0 N–H and O–H groups in total. The summed E-state index contributed by atoms with van der Waals surface area (Å²) >= 11 is 0. The van der Waals surface area contributed by atoms with Crippen molar-refractivity contribution in [3.63, 3.8) is 0 Å². The number of hydrogen-bond acceptors (Lipinski definition) is 2. The predicted octanol–water partition coefficient (Wildman–Crippen LogP) is -2.42. The predicted molar refractivity (Wildman–Crippen MR) is 43.9 cm³/mol. The SMILES string of the molecule is COc1cc[n+](CC(C)=O)cc1.[Cl-]. The average molecular weight is 202 g/mol. The smallest absolute Gasteiger partial charge is 0.206 e. The molecular formula is C9H12ClNO2. The van der Waals surface area contributed by atoms with Gasteiger partial charge in [-0.25, -0.2) is 0 Å². The van der Waals surface area contributed by atoms with Crippen LogP contribution < -0.4 is 21.7 Å². The van der Waals surface area contributed by atoms with E-state index in [4.69, 9.17) is 4.74 Å². The molecule has 0 saturated heterocycles. The van der Waals surface area contributed by atoms with E-state index >= 15 is 0 Å². The maximum atomic E-state index is 10.7. The first kappa shape index (κ1) is 11.9. The zero-order valence-electron chi connectivity index (χ0n) is 7.66. The fourth-order valence-corrected chi connectivity index (χ4v) is 0.942. The Balaban J connectivity index is 0.00000144. The first-order valence-electron chi connectivity index (χ1n) is 3.75. The Morgan fingerprint density at radius 3 is 2.38 bits per heavy atom. The Morgan fingerprint density at radius 1 is 1.46 bits per heavy atom. The molecule has 13 heavy (non-hydrogen) atoms. The minimum atomic E-state index is 0. The number of aromatic nitrogens is 1. The number of carbonyl (C=O) groups excluding carboxylic acids is 1. The van der Waals surface area contributed by atoms with E-state index in [-0.39, 0.29) is 18.2 Å². The van der Waals surface area contributed by atoms with Gasteiger partial charge in [0.15, 0.2) is 18.2 Å². The van der Waals surface area contributed by atoms with Gasteiger partial charge in [-0.2, -0.15) is 4.57 Å². The normalized spacial score (nSPS) is 8.77. The van der Waals surface area contributed by atoms with Crippen molar-refractivity contribution in [2.45, 2.75) is 13.5 Å². The minimum absolute atomic E-state index is 0. The van der Waals surface area contributed by atoms with Crippen LogP contribution in [0.25, 0.3) is 0 Å². The molecule has 0 atom stereocenters. The van der Waals surface area contributed by atoms with Crippen molar-refractivity contribution in [2.24, 2.45) is 0 Å². The Bertz CT molecular complexity index is 271. The van der Waals surface area contributed by atoms with Crippen LogP contribution in [-0.2, 0) is 11.3 Å². The number of carbonyl (C=O) groups is 1. The van der Waals surface area contributed by atoms with Crippen molar-refractivity contribution in [2.75, 3.05) is 7.11 Å². The number of Topliss-reactive ketones (excluding diaryl/α,β-unsaturated/α-hetero) is 1. The molecule has 1 rings (SSSR count). The first-order valence-corrected chi connectivity index (χ1v) is 3.75. The highest BCUT2D eigenvalue weighted by atomic mass is 35.5. The van der Waals surface area contributed by atoms with E-state index in [1.165, 1.54) is 0 Å². The van der Waals surface area contributed by atoms with E-state index in [9.17, 15) is 4.79 Å². The molecule has 0 saturated carbocycles. The van der Waals surface area contributed by atoms with Crippen LogP contribution >= 0.6 is 0 Å². The monoisotopic (exact) mass is 201 g/mol. The molecule has 0 aliphatic heterocycles. The molecular weight excluding hydrogens is 190 g/mol. The van der Waals surface area contributed by atoms with Gasteiger partial charge in [-0.15, -0.1) is 0 Å². The summed E-state index contributed by atoms with van der Waals surface area (Å²) in [5.74, 6) is 0.944. The third kappa shape index (κ3) is 3.90. The summed E-state index contributed by atoms with van der Waals surface area (Å²) in [6, 6.07) is 3.64. The number of rotatable bonds is 3. The zero-order chi connectivity index (χ0) is 8.97. The van der Waals surface area contributed by atoms with Gasteiger partial charge in [0.05, 0.1) is 7.11 Å². The number of hydrogen-bond donors (Lipinski definition) is 0. The molecule has 0 aliphatic rings. The third-order valence-corrected chi connectivity index (χ3v) is 1.50. The topological polar surface area (TPSA) is 30.2 Å². The van der Waals surface area contributed by atoms with Crippen LogP contribution in [0.2, 0.25) is 0 Å². The van der Waals surface area contributed by atoms with Crippen molar-refractivity contribution in [3.8, 4) is 5.75 Å². The number of ether oxygens (including phenoxy) is 1. The number of methoxy groups -OCH3 is 1. The molecule has 1 aromatic rings. The molecule has 0 spiro atoms. The van der Waals surface area contributed by atoms with Gasteiger partial charge in [0, 0.05) is 19.1 Å². The lowest BCUT2D eigenvalue weighted by Crippen LogP contribution is -3.00. The lowest BCUT2D eigenvalue weighted by atomic mass is 10.4. The molecule has 0 radical (unpaired) electrons. The van der Waals surface area contributed by atoms with Crippen molar-refractivity contribution < 1.29 is 26.5 Å². The fraction of sp³-hybridized carbons (Fsp3) is 0.333. The molecule has 0 fully saturated rings. The van der Waals surface area contributed by atoms with Gasteiger partial charge >= 0.3 is 0 Å². The Labute approximate surface area is 83.7 Å². The number of pyridine rings is 1. The van der Waals surface area contributed by atoms with Crippen LogP contribution in [0, 0.1) is 0 Å². The molecule has 4 heteroatoms. The molecule has 3 nitrogen and oxygen atoms in total. The lowest BCUT2D eigenvalue weighted by molar-refractivity contribution is -0.684. The van der Waals surface area contributed by atoms with E-state index < -0.39 is 0 Å². The second-order valence-electron chi connectivity index (χ2n) is 2.61. The van der Waals surface area contributed by atoms with Crippen LogP contribution in [0.4, 0.5) is 0 Å². The molecule has 1 aromatic heterocycles. The molecule has 0 unspecified atom stereocenters. The lowest BCUT2D eigenvalue weighted by Gasteiger charge is -1.96. The number of halogens is 1. The van der Waals surface area contributed by atoms with Gasteiger partial charge in [0.25, 0.3) is 0 Å². The number of ketones is 1. The summed E-state index contributed by atoms with van der Waals surface area (Å²) in [7, 11) is 1.62. The molecule has 1 heterocycles. The second-order valence-corrected chi connectivity index (χ2v) is 2.61. The van der Waals surface area contributed by atoms with Gasteiger partial charge in [0.1, 0.15) is 5.75 Å². The summed E-state index contributed by atoms with van der Waals surface area (Å²) < 4.78 is 6.79. The fourth-order valence-electron chi connectivity index (χ4n) is 0.942. The highest BCUT2D eigenvalue weighted by Gasteiger charge is 2.03. The Hall–Kier alpha value is -1.09. The number of nitrogens with zero attached hydrogens (tertiary/aromatic N) is 1. The third-order valence-electron chi connectivity index (χ3n) is 1.50. The largest absolute Gasteiger partial charge is 1.00 e. The van der Waals surface area contributed by atoms with Crippen molar-refractivity contribution >= 4 is 5.78 Å². The maximum absolute atomic E-state index is 10.7. The highest BCUT2D eigenvalue weighted by Crippen LogP contribution is 2.03. The van der Waals surface area contributed by atoms with Gasteiger partial charge in [-0.1, -0.05) is 0 Å². The van der Waals surface area contributed by atoms with Gasteiger partial charge in [-0.05, 0) is 0 Å². The quantitative estimate of drug-likeness (QED) is 0.510. The van der Waals surface area contributed by atoms with Gasteiger partial charge in [0.2, 0.25) is 6.54 Å². The summed E-state index contributed by atoms with van der Waals surface area (Å²) in [5.41, 5.74) is 0. The standard InChI is InChI=1S/C9H12NO2.ClH/c1-8(11)7-10-5-3-9(12-2)4-6-10;/h3-6H,7H2,1-2H3;1H/q+1;/p-1. The van der Waals surface area contributed by atoms with E-state index in [2.05, 4.69) is 0 Å². The van der Waals surface area contributed by atoms with Crippen LogP contribution in [0.1, 0.15) is 6.92 Å². The van der Waals surface area contributed by atoms with E-state index in [0.717, 1.165) is 5.75 Å². The first-order chi connectivity index (χ1) is 5.72. The Morgan fingerprint density at radius 2 is 2.00 bits per heavy atom. The molecule has 72 valence electrons. The highest BCUT2D eigenvalue weighted by molar-refractivity contribution is 5.73. The maximum Gasteiger partial charge on any atom is 0.206 e. The van der Waals surface area contributed by atoms with Crippen molar-refractivity contribution in [1.29, 1.82) is 0 Å². The molecule has 0 amide bonds. The minimum Gasteiger partial charge on any atom is -1.00 e. The van der Waals surface area contributed by atoms with Gasteiger partial charge < -0.3 is 17.1 Å². The summed E-state index contributed by atoms with van der Waals surface area (Å²) in [4.78, 5) is 10.7. The van der Waals surface area contributed by atoms with Crippen molar-refractivity contribution in [1.82, 2.24) is 0 Å². The zero-order valence-corrected chi connectivity index (χ0v) is 8.41. The van der Waals surface area contributed by atoms with Crippen molar-refractivity contribution in [3.05, 3.63) is 24.5 Å². The Kier molecular flexibility index (Phi) is 5.07. The van der Waals surface area contributed by atoms with Crippen LogP contribution in [0.5, 0.6) is 5.75 Å². The van der Waals surface area contributed by atoms with E-state index in [1.807, 2.05) is 29.1 Å². The van der Waals surface area contributed by atoms with Crippen LogP contribution in [0.3, 0.4) is 0 Å².